The van der Waals surface area contributed by atoms with Crippen LogP contribution in [0.4, 0.5) is 0 Å². The van der Waals surface area contributed by atoms with Gasteiger partial charge in [0.2, 0.25) is 11.8 Å². The van der Waals surface area contributed by atoms with E-state index in [9.17, 15) is 9.59 Å². The minimum absolute atomic E-state index is 0.156. The van der Waals surface area contributed by atoms with Crippen molar-refractivity contribution in [3.8, 4) is 0 Å². The summed E-state index contributed by atoms with van der Waals surface area (Å²) in [6.45, 7) is 1.84. The van der Waals surface area contributed by atoms with Crippen LogP contribution in [-0.2, 0) is 21.9 Å². The topological polar surface area (TPSA) is 49.4 Å². The Kier molecular flexibility index (Phi) is 8.96. The first kappa shape index (κ1) is 22.9. The molecule has 0 radical (unpaired) electrons. The molecule has 0 saturated carbocycles. The predicted octanol–water partition coefficient (Wildman–Crippen LogP) is 5.04. The molecule has 0 saturated heterocycles. The minimum Gasteiger partial charge on any atom is -0.357 e. The van der Waals surface area contributed by atoms with Gasteiger partial charge in [-0.15, -0.1) is 11.8 Å². The Balaban J connectivity index is 2.11. The fourth-order valence-corrected chi connectivity index (χ4v) is 4.20. The van der Waals surface area contributed by atoms with Crippen LogP contribution in [0.15, 0.2) is 42.5 Å². The smallest absolute Gasteiger partial charge is 0.242 e. The number of rotatable bonds is 8. The molecule has 0 aliphatic carbocycles. The van der Waals surface area contributed by atoms with Crippen LogP contribution >= 0.6 is 46.6 Å². The highest BCUT2D eigenvalue weighted by Crippen LogP contribution is 2.27. The predicted molar refractivity (Wildman–Crippen MR) is 118 cm³/mol. The van der Waals surface area contributed by atoms with Crippen molar-refractivity contribution < 1.29 is 9.59 Å². The number of carbonyl (C=O) groups is 2. The Hall–Kier alpha value is -1.40. The van der Waals surface area contributed by atoms with Gasteiger partial charge in [-0.3, -0.25) is 9.59 Å². The maximum absolute atomic E-state index is 12.9. The van der Waals surface area contributed by atoms with Crippen LogP contribution in [0.5, 0.6) is 0 Å². The molecular formula is C20H21Cl3N2O2S. The van der Waals surface area contributed by atoms with E-state index in [2.05, 4.69) is 5.32 Å². The second-order valence-electron chi connectivity index (χ2n) is 6.13. The summed E-state index contributed by atoms with van der Waals surface area (Å²) in [5.41, 5.74) is 1.65. The first-order chi connectivity index (χ1) is 13.3. The van der Waals surface area contributed by atoms with Gasteiger partial charge in [-0.1, -0.05) is 53.0 Å². The molecule has 2 amide bonds. The maximum atomic E-state index is 12.9. The molecule has 0 aliphatic rings. The number of nitrogens with zero attached hydrogens (tertiary/aromatic N) is 1. The molecule has 8 heteroatoms. The van der Waals surface area contributed by atoms with Crippen molar-refractivity contribution in [2.75, 3.05) is 12.8 Å². The molecule has 2 aromatic carbocycles. The third-order valence-corrected chi connectivity index (χ3v) is 6.12. The monoisotopic (exact) mass is 458 g/mol. The number of likely N-dealkylation sites (N-methyl/N-ethyl adjacent to an activating group) is 1. The van der Waals surface area contributed by atoms with E-state index in [-0.39, 0.29) is 24.1 Å². The van der Waals surface area contributed by atoms with Crippen molar-refractivity contribution >= 4 is 58.4 Å². The molecule has 0 bridgehead atoms. The van der Waals surface area contributed by atoms with Crippen LogP contribution in [0.2, 0.25) is 15.1 Å². The summed E-state index contributed by atoms with van der Waals surface area (Å²) >= 11 is 20.0. The van der Waals surface area contributed by atoms with Crippen molar-refractivity contribution in [3.63, 3.8) is 0 Å². The number of thioether (sulfide) groups is 1. The highest BCUT2D eigenvalue weighted by molar-refractivity contribution is 7.99. The maximum Gasteiger partial charge on any atom is 0.242 e. The van der Waals surface area contributed by atoms with Gasteiger partial charge < -0.3 is 10.2 Å². The van der Waals surface area contributed by atoms with Gasteiger partial charge in [0, 0.05) is 40.0 Å². The first-order valence-corrected chi connectivity index (χ1v) is 10.9. The van der Waals surface area contributed by atoms with Crippen molar-refractivity contribution in [1.29, 1.82) is 0 Å². The number of benzene rings is 2. The molecule has 0 aliphatic heterocycles. The molecule has 1 unspecified atom stereocenters. The van der Waals surface area contributed by atoms with E-state index in [1.54, 1.807) is 31.2 Å². The van der Waals surface area contributed by atoms with Crippen LogP contribution in [-0.4, -0.2) is 35.6 Å². The fourth-order valence-electron chi connectivity index (χ4n) is 2.61. The van der Waals surface area contributed by atoms with Crippen LogP contribution in [0.1, 0.15) is 18.1 Å². The number of halogens is 3. The summed E-state index contributed by atoms with van der Waals surface area (Å²) in [6.07, 6.45) is 0. The van der Waals surface area contributed by atoms with E-state index in [1.807, 2.05) is 18.2 Å². The largest absolute Gasteiger partial charge is 0.357 e. The Morgan fingerprint density at radius 3 is 2.36 bits per heavy atom. The van der Waals surface area contributed by atoms with Gasteiger partial charge >= 0.3 is 0 Å². The fraction of sp³-hybridized carbons (Fsp3) is 0.300. The van der Waals surface area contributed by atoms with E-state index in [1.165, 1.54) is 23.7 Å². The van der Waals surface area contributed by atoms with Gasteiger partial charge in [0.15, 0.2) is 0 Å². The van der Waals surface area contributed by atoms with Crippen LogP contribution in [0.25, 0.3) is 0 Å². The lowest BCUT2D eigenvalue weighted by molar-refractivity contribution is -0.138. The second-order valence-corrected chi connectivity index (χ2v) is 8.37. The van der Waals surface area contributed by atoms with E-state index in [4.69, 9.17) is 34.8 Å². The quantitative estimate of drug-likeness (QED) is 0.601. The van der Waals surface area contributed by atoms with E-state index in [0.29, 0.717) is 26.4 Å². The SMILES string of the molecule is CNC(=O)C(C)N(Cc1c(Cl)cccc1Cl)C(=O)CSCc1cccc(Cl)c1. The van der Waals surface area contributed by atoms with Crippen LogP contribution < -0.4 is 5.32 Å². The molecule has 150 valence electrons. The third kappa shape index (κ3) is 6.31. The van der Waals surface area contributed by atoms with E-state index < -0.39 is 6.04 Å². The van der Waals surface area contributed by atoms with Crippen molar-refractivity contribution in [2.45, 2.75) is 25.3 Å². The normalized spacial score (nSPS) is 11.8. The molecule has 0 heterocycles. The highest BCUT2D eigenvalue weighted by atomic mass is 35.5. The molecule has 0 spiro atoms. The number of amides is 2. The lowest BCUT2D eigenvalue weighted by atomic mass is 10.1. The summed E-state index contributed by atoms with van der Waals surface area (Å²) in [6, 6.07) is 12.0. The Bertz CT molecular complexity index is 828. The van der Waals surface area contributed by atoms with Gasteiger partial charge in [-0.2, -0.15) is 0 Å². The summed E-state index contributed by atoms with van der Waals surface area (Å²) < 4.78 is 0. The second kappa shape index (κ2) is 11.0. The Morgan fingerprint density at radius 1 is 1.11 bits per heavy atom. The number of hydrogen-bond acceptors (Lipinski definition) is 3. The van der Waals surface area contributed by atoms with Crippen molar-refractivity contribution in [1.82, 2.24) is 10.2 Å². The molecule has 2 aromatic rings. The Morgan fingerprint density at radius 2 is 1.75 bits per heavy atom. The highest BCUT2D eigenvalue weighted by Gasteiger charge is 2.26. The van der Waals surface area contributed by atoms with Gasteiger partial charge in [-0.25, -0.2) is 0 Å². The van der Waals surface area contributed by atoms with E-state index in [0.717, 1.165) is 5.56 Å². The number of carbonyl (C=O) groups excluding carboxylic acids is 2. The minimum atomic E-state index is -0.656. The average Bonchev–Trinajstić information content (AvgIpc) is 2.66. The zero-order valence-corrected chi connectivity index (χ0v) is 18.6. The Labute approximate surface area is 184 Å². The van der Waals surface area contributed by atoms with E-state index >= 15 is 0 Å². The first-order valence-electron chi connectivity index (χ1n) is 8.59. The molecule has 4 nitrogen and oxygen atoms in total. The number of hydrogen-bond donors (Lipinski definition) is 1. The lowest BCUT2D eigenvalue weighted by Gasteiger charge is -2.29. The third-order valence-electron chi connectivity index (χ3n) is 4.19. The van der Waals surface area contributed by atoms with Crippen molar-refractivity contribution in [3.05, 3.63) is 68.7 Å². The van der Waals surface area contributed by atoms with Crippen LogP contribution in [0.3, 0.4) is 0 Å². The average molecular weight is 460 g/mol. The summed E-state index contributed by atoms with van der Waals surface area (Å²) in [7, 11) is 1.54. The van der Waals surface area contributed by atoms with Crippen molar-refractivity contribution in [2.24, 2.45) is 0 Å². The summed E-state index contributed by atoms with van der Waals surface area (Å²) in [5.74, 6) is 0.438. The lowest BCUT2D eigenvalue weighted by Crippen LogP contribution is -2.47. The molecular weight excluding hydrogens is 439 g/mol. The molecule has 0 fully saturated rings. The standard InChI is InChI=1S/C20H21Cl3N2O2S/c1-13(20(27)24-2)25(10-16-17(22)7-4-8-18(16)23)19(26)12-28-11-14-5-3-6-15(21)9-14/h3-9,13H,10-12H2,1-2H3,(H,24,27). The summed E-state index contributed by atoms with van der Waals surface area (Å²) in [4.78, 5) is 26.6. The summed E-state index contributed by atoms with van der Waals surface area (Å²) in [5, 5.41) is 4.16. The van der Waals surface area contributed by atoms with Gasteiger partial charge in [-0.05, 0) is 36.8 Å². The molecule has 1 N–H and O–H groups in total. The zero-order chi connectivity index (χ0) is 20.7. The number of nitrogens with one attached hydrogen (secondary N) is 1. The van der Waals surface area contributed by atoms with Gasteiger partial charge in [0.1, 0.15) is 6.04 Å². The molecule has 2 rings (SSSR count). The zero-order valence-electron chi connectivity index (χ0n) is 15.5. The van der Waals surface area contributed by atoms with Crippen LogP contribution in [0, 0.1) is 0 Å². The van der Waals surface area contributed by atoms with Gasteiger partial charge in [0.25, 0.3) is 0 Å². The molecule has 1 atom stereocenters. The molecule has 0 aromatic heterocycles. The van der Waals surface area contributed by atoms with Gasteiger partial charge in [0.05, 0.1) is 5.75 Å². The molecule has 28 heavy (non-hydrogen) atoms.